The third-order valence-electron chi connectivity index (χ3n) is 2.63. The molecule has 0 aromatic heterocycles. The van der Waals surface area contributed by atoms with Crippen molar-refractivity contribution < 1.29 is 14.6 Å². The van der Waals surface area contributed by atoms with Gasteiger partial charge < -0.3 is 15.2 Å². The minimum atomic E-state index is -0.712. The number of aliphatic hydroxyl groups is 1. The van der Waals surface area contributed by atoms with Gasteiger partial charge in [-0.2, -0.15) is 0 Å². The highest BCUT2D eigenvalue weighted by Crippen LogP contribution is 2.33. The van der Waals surface area contributed by atoms with Gasteiger partial charge in [0.25, 0.3) is 0 Å². The zero-order valence-electron chi connectivity index (χ0n) is 11.6. The molecule has 4 nitrogen and oxygen atoms in total. The fraction of sp³-hybridized carbons (Fsp3) is 0.500. The van der Waals surface area contributed by atoms with Gasteiger partial charge in [0.1, 0.15) is 5.75 Å². The molecule has 0 bridgehead atoms. The number of anilines is 1. The number of methoxy groups -OCH3 is 1. The number of hydrogen-bond donors (Lipinski definition) is 2. The molecule has 1 aromatic carbocycles. The number of aliphatic hydroxyl groups excluding tert-OH is 1. The summed E-state index contributed by atoms with van der Waals surface area (Å²) >= 11 is 0. The van der Waals surface area contributed by atoms with Gasteiger partial charge in [0.15, 0.2) is 0 Å². The Morgan fingerprint density at radius 3 is 2.44 bits per heavy atom. The lowest BCUT2D eigenvalue weighted by Crippen LogP contribution is -2.28. The number of carbonyl (C=O) groups excluding carboxylic acids is 1. The molecular weight excluding hydrogens is 230 g/mol. The van der Waals surface area contributed by atoms with Gasteiger partial charge in [0, 0.05) is 11.0 Å². The average Bonchev–Trinajstić information content (AvgIpc) is 2.26. The van der Waals surface area contributed by atoms with Gasteiger partial charge in [-0.05, 0) is 19.1 Å². The van der Waals surface area contributed by atoms with Crippen LogP contribution in [0, 0.1) is 5.41 Å². The van der Waals surface area contributed by atoms with Crippen molar-refractivity contribution in [1.82, 2.24) is 0 Å². The molecule has 0 saturated heterocycles. The molecule has 0 fully saturated rings. The van der Waals surface area contributed by atoms with E-state index < -0.39 is 11.5 Å². The van der Waals surface area contributed by atoms with Gasteiger partial charge in [0.05, 0.1) is 18.9 Å². The van der Waals surface area contributed by atoms with Crippen LogP contribution < -0.4 is 10.1 Å². The molecule has 1 unspecified atom stereocenters. The molecule has 4 heteroatoms. The molecule has 1 aromatic rings. The number of carbonyl (C=O) groups is 1. The number of benzene rings is 1. The summed E-state index contributed by atoms with van der Waals surface area (Å²) < 4.78 is 5.20. The SMILES string of the molecule is COc1cccc(NC(=O)C(C)(C)C)c1C(C)O. The van der Waals surface area contributed by atoms with E-state index >= 15 is 0 Å². The van der Waals surface area contributed by atoms with E-state index in [1.54, 1.807) is 25.1 Å². The summed E-state index contributed by atoms with van der Waals surface area (Å²) in [7, 11) is 1.54. The molecule has 1 amide bonds. The lowest BCUT2D eigenvalue weighted by molar-refractivity contribution is -0.123. The summed E-state index contributed by atoms with van der Waals surface area (Å²) in [6.45, 7) is 7.16. The van der Waals surface area contributed by atoms with E-state index in [9.17, 15) is 9.90 Å². The number of rotatable bonds is 3. The normalized spacial score (nSPS) is 13.0. The Labute approximate surface area is 108 Å². The third kappa shape index (κ3) is 3.23. The summed E-state index contributed by atoms with van der Waals surface area (Å²) in [5.41, 5.74) is 0.695. The quantitative estimate of drug-likeness (QED) is 0.868. The molecule has 0 spiro atoms. The van der Waals surface area contributed by atoms with Crippen molar-refractivity contribution in [1.29, 1.82) is 0 Å². The maximum Gasteiger partial charge on any atom is 0.229 e. The lowest BCUT2D eigenvalue weighted by Gasteiger charge is -2.21. The standard InChI is InChI=1S/C14H21NO3/c1-9(16)12-10(7-6-8-11(12)18-5)15-13(17)14(2,3)4/h6-9,16H,1-5H3,(H,15,17). The molecule has 0 radical (unpaired) electrons. The number of nitrogens with one attached hydrogen (secondary N) is 1. The zero-order valence-corrected chi connectivity index (χ0v) is 11.6. The van der Waals surface area contributed by atoms with E-state index in [0.29, 0.717) is 17.0 Å². The van der Waals surface area contributed by atoms with Crippen molar-refractivity contribution in [3.8, 4) is 5.75 Å². The van der Waals surface area contributed by atoms with Crippen LogP contribution in [-0.4, -0.2) is 18.1 Å². The molecule has 0 aliphatic carbocycles. The summed E-state index contributed by atoms with van der Waals surface area (Å²) in [6, 6.07) is 5.30. The topological polar surface area (TPSA) is 58.6 Å². The Kier molecular flexibility index (Phi) is 4.35. The second kappa shape index (κ2) is 5.40. The van der Waals surface area contributed by atoms with Gasteiger partial charge in [-0.3, -0.25) is 4.79 Å². The summed E-state index contributed by atoms with van der Waals surface area (Å²) in [5.74, 6) is 0.467. The highest BCUT2D eigenvalue weighted by molar-refractivity contribution is 5.95. The van der Waals surface area contributed by atoms with E-state index in [1.165, 1.54) is 7.11 Å². The van der Waals surface area contributed by atoms with Crippen LogP contribution in [0.25, 0.3) is 0 Å². The van der Waals surface area contributed by atoms with Crippen LogP contribution >= 0.6 is 0 Å². The highest BCUT2D eigenvalue weighted by atomic mass is 16.5. The van der Waals surface area contributed by atoms with Crippen LogP contribution in [0.2, 0.25) is 0 Å². The van der Waals surface area contributed by atoms with E-state index in [2.05, 4.69) is 5.32 Å². The van der Waals surface area contributed by atoms with Crippen LogP contribution in [0.3, 0.4) is 0 Å². The second-order valence-electron chi connectivity index (χ2n) is 5.30. The fourth-order valence-electron chi connectivity index (χ4n) is 1.57. The van der Waals surface area contributed by atoms with Crippen LogP contribution in [0.4, 0.5) is 5.69 Å². The van der Waals surface area contributed by atoms with Crippen molar-refractivity contribution in [2.24, 2.45) is 5.41 Å². The smallest absolute Gasteiger partial charge is 0.229 e. The molecule has 18 heavy (non-hydrogen) atoms. The van der Waals surface area contributed by atoms with Gasteiger partial charge in [0.2, 0.25) is 5.91 Å². The maximum atomic E-state index is 12.0. The number of ether oxygens (including phenoxy) is 1. The Morgan fingerprint density at radius 1 is 1.39 bits per heavy atom. The van der Waals surface area contributed by atoms with Crippen LogP contribution in [-0.2, 0) is 4.79 Å². The zero-order chi connectivity index (χ0) is 13.9. The minimum Gasteiger partial charge on any atom is -0.496 e. The minimum absolute atomic E-state index is 0.0994. The van der Waals surface area contributed by atoms with E-state index in [-0.39, 0.29) is 5.91 Å². The largest absolute Gasteiger partial charge is 0.496 e. The first kappa shape index (κ1) is 14.5. The highest BCUT2D eigenvalue weighted by Gasteiger charge is 2.23. The molecule has 1 rings (SSSR count). The molecule has 0 aliphatic heterocycles. The molecule has 0 aliphatic rings. The second-order valence-corrected chi connectivity index (χ2v) is 5.30. The molecular formula is C14H21NO3. The Morgan fingerprint density at radius 2 is 2.00 bits per heavy atom. The first-order valence-corrected chi connectivity index (χ1v) is 5.93. The van der Waals surface area contributed by atoms with Crippen molar-refractivity contribution in [3.63, 3.8) is 0 Å². The summed E-state index contributed by atoms with van der Waals surface area (Å²) in [6.07, 6.45) is -0.712. The maximum absolute atomic E-state index is 12.0. The Balaban J connectivity index is 3.13. The van der Waals surface area contributed by atoms with Gasteiger partial charge in [-0.25, -0.2) is 0 Å². The molecule has 100 valence electrons. The molecule has 1 atom stereocenters. The van der Waals surface area contributed by atoms with Crippen LogP contribution in [0.15, 0.2) is 18.2 Å². The molecule has 0 heterocycles. The first-order valence-electron chi connectivity index (χ1n) is 5.93. The Bertz CT molecular complexity index is 433. The van der Waals surface area contributed by atoms with E-state index in [0.717, 1.165) is 0 Å². The molecule has 2 N–H and O–H groups in total. The van der Waals surface area contributed by atoms with Gasteiger partial charge >= 0.3 is 0 Å². The van der Waals surface area contributed by atoms with Crippen molar-refractivity contribution >= 4 is 11.6 Å². The Hall–Kier alpha value is -1.55. The van der Waals surface area contributed by atoms with E-state index in [4.69, 9.17) is 4.74 Å². The lowest BCUT2D eigenvalue weighted by atomic mass is 9.95. The third-order valence-corrected chi connectivity index (χ3v) is 2.63. The predicted octanol–water partition coefficient (Wildman–Crippen LogP) is 2.73. The van der Waals surface area contributed by atoms with Crippen LogP contribution in [0.1, 0.15) is 39.4 Å². The predicted molar refractivity (Wildman–Crippen MR) is 71.7 cm³/mol. The van der Waals surface area contributed by atoms with Crippen molar-refractivity contribution in [2.45, 2.75) is 33.8 Å². The van der Waals surface area contributed by atoms with Crippen LogP contribution in [0.5, 0.6) is 5.75 Å². The van der Waals surface area contributed by atoms with E-state index in [1.807, 2.05) is 20.8 Å². The van der Waals surface area contributed by atoms with Crippen molar-refractivity contribution in [3.05, 3.63) is 23.8 Å². The van der Waals surface area contributed by atoms with Crippen molar-refractivity contribution in [2.75, 3.05) is 12.4 Å². The number of amides is 1. The number of hydrogen-bond acceptors (Lipinski definition) is 3. The first-order chi connectivity index (χ1) is 8.27. The molecule has 0 saturated carbocycles. The fourth-order valence-corrected chi connectivity index (χ4v) is 1.57. The monoisotopic (exact) mass is 251 g/mol. The van der Waals surface area contributed by atoms with Gasteiger partial charge in [-0.1, -0.05) is 26.8 Å². The summed E-state index contributed by atoms with van der Waals surface area (Å²) in [5, 5.41) is 12.6. The van der Waals surface area contributed by atoms with Gasteiger partial charge in [-0.15, -0.1) is 0 Å². The summed E-state index contributed by atoms with van der Waals surface area (Å²) in [4.78, 5) is 12.0. The average molecular weight is 251 g/mol.